The Morgan fingerprint density at radius 1 is 1.30 bits per heavy atom. The minimum absolute atomic E-state index is 0.0405. The molecule has 1 saturated carbocycles. The Morgan fingerprint density at radius 2 is 1.95 bits per heavy atom. The molecule has 20 heavy (non-hydrogen) atoms. The van der Waals surface area contributed by atoms with Crippen molar-refractivity contribution in [1.29, 1.82) is 0 Å². The molecule has 5 nitrogen and oxygen atoms in total. The number of nitrogens with one attached hydrogen (secondary N) is 1. The molecule has 0 atom stereocenters. The van der Waals surface area contributed by atoms with Crippen LogP contribution in [0.4, 0.5) is 0 Å². The lowest BCUT2D eigenvalue weighted by Crippen LogP contribution is -2.39. The zero-order valence-corrected chi connectivity index (χ0v) is 14.2. The first-order valence-corrected chi connectivity index (χ1v) is 8.37. The van der Waals surface area contributed by atoms with Gasteiger partial charge >= 0.3 is 0 Å². The third kappa shape index (κ3) is 4.15. The Labute approximate surface area is 134 Å². The number of carbonyl (C=O) groups excluding carboxylic acids is 1. The van der Waals surface area contributed by atoms with Crippen molar-refractivity contribution in [2.75, 3.05) is 0 Å². The van der Waals surface area contributed by atoms with Crippen LogP contribution in [0, 0.1) is 0 Å². The fourth-order valence-corrected chi connectivity index (χ4v) is 2.96. The molecular formula is C13H17Br2N3O2. The molecule has 2 rings (SSSR count). The maximum Gasteiger partial charge on any atom is 0.282 e. The molecule has 110 valence electrons. The molecule has 1 aliphatic rings. The Kier molecular flexibility index (Phi) is 5.77. The number of hydrogen-bond donors (Lipinski definition) is 1. The molecule has 0 saturated heterocycles. The number of amides is 1. The van der Waals surface area contributed by atoms with E-state index in [0.717, 1.165) is 25.7 Å². The number of rotatable bonds is 3. The van der Waals surface area contributed by atoms with Crippen molar-refractivity contribution in [1.82, 2.24) is 15.1 Å². The highest BCUT2D eigenvalue weighted by atomic mass is 79.9. The highest BCUT2D eigenvalue weighted by Crippen LogP contribution is 2.17. The van der Waals surface area contributed by atoms with Gasteiger partial charge < -0.3 is 5.32 Å². The fraction of sp³-hybridized carbons (Fsp3) is 0.615. The standard InChI is InChI=1S/C13H17Br2N3O2/c14-10-7-16-18(13(20)12(10)15)8-11(19)17-9-5-3-1-2-4-6-9/h7,9H,1-6,8H2,(H,17,19). The summed E-state index contributed by atoms with van der Waals surface area (Å²) in [6.45, 7) is -0.0405. The van der Waals surface area contributed by atoms with Crippen LogP contribution in [0.1, 0.15) is 38.5 Å². The highest BCUT2D eigenvalue weighted by molar-refractivity contribution is 9.13. The molecule has 0 aliphatic heterocycles. The quantitative estimate of drug-likeness (QED) is 0.784. The van der Waals surface area contributed by atoms with Crippen LogP contribution in [0.15, 0.2) is 19.9 Å². The minimum atomic E-state index is -0.310. The zero-order valence-electron chi connectivity index (χ0n) is 11.1. The lowest BCUT2D eigenvalue weighted by molar-refractivity contribution is -0.122. The van der Waals surface area contributed by atoms with Gasteiger partial charge in [-0.05, 0) is 44.7 Å². The molecule has 1 aromatic rings. The predicted octanol–water partition coefficient (Wildman–Crippen LogP) is 2.61. The van der Waals surface area contributed by atoms with E-state index in [1.165, 1.54) is 23.7 Å². The van der Waals surface area contributed by atoms with Crippen LogP contribution >= 0.6 is 31.9 Å². The first-order chi connectivity index (χ1) is 9.58. The van der Waals surface area contributed by atoms with Crippen molar-refractivity contribution in [3.8, 4) is 0 Å². The summed E-state index contributed by atoms with van der Waals surface area (Å²) in [4.78, 5) is 23.9. The van der Waals surface area contributed by atoms with Crippen LogP contribution in [-0.4, -0.2) is 21.7 Å². The third-order valence-electron chi connectivity index (χ3n) is 3.46. The molecule has 1 aromatic heterocycles. The van der Waals surface area contributed by atoms with Crippen molar-refractivity contribution in [2.24, 2.45) is 0 Å². The molecular weight excluding hydrogens is 390 g/mol. The van der Waals surface area contributed by atoms with E-state index in [9.17, 15) is 9.59 Å². The maximum absolute atomic E-state index is 12.0. The number of carbonyl (C=O) groups is 1. The minimum Gasteiger partial charge on any atom is -0.352 e. The second kappa shape index (κ2) is 7.36. The highest BCUT2D eigenvalue weighted by Gasteiger charge is 2.16. The van der Waals surface area contributed by atoms with E-state index < -0.39 is 0 Å². The van der Waals surface area contributed by atoms with Crippen LogP contribution in [0.25, 0.3) is 0 Å². The molecule has 1 heterocycles. The van der Waals surface area contributed by atoms with Gasteiger partial charge in [-0.2, -0.15) is 5.10 Å². The average molecular weight is 407 g/mol. The van der Waals surface area contributed by atoms with Gasteiger partial charge in [0.15, 0.2) is 0 Å². The Morgan fingerprint density at radius 3 is 2.60 bits per heavy atom. The summed E-state index contributed by atoms with van der Waals surface area (Å²) < 4.78 is 2.14. The van der Waals surface area contributed by atoms with Crippen molar-refractivity contribution < 1.29 is 4.79 Å². The summed E-state index contributed by atoms with van der Waals surface area (Å²) in [5.74, 6) is -0.152. The molecule has 0 radical (unpaired) electrons. The van der Waals surface area contributed by atoms with Gasteiger partial charge in [-0.15, -0.1) is 0 Å². The number of nitrogens with zero attached hydrogens (tertiary/aromatic N) is 2. The Balaban J connectivity index is 1.97. The molecule has 1 N–H and O–H groups in total. The van der Waals surface area contributed by atoms with Crippen LogP contribution in [0.3, 0.4) is 0 Å². The van der Waals surface area contributed by atoms with Crippen molar-refractivity contribution in [2.45, 2.75) is 51.1 Å². The molecule has 1 fully saturated rings. The Hall–Kier alpha value is -0.690. The van der Waals surface area contributed by atoms with E-state index in [1.54, 1.807) is 0 Å². The third-order valence-corrected chi connectivity index (χ3v) is 5.36. The van der Waals surface area contributed by atoms with E-state index in [1.807, 2.05) is 0 Å². The summed E-state index contributed by atoms with van der Waals surface area (Å²) in [6, 6.07) is 0.236. The van der Waals surface area contributed by atoms with Gasteiger partial charge in [-0.3, -0.25) is 9.59 Å². The fourth-order valence-electron chi connectivity index (χ4n) is 2.39. The smallest absolute Gasteiger partial charge is 0.282 e. The predicted molar refractivity (Wildman–Crippen MR) is 83.5 cm³/mol. The summed E-state index contributed by atoms with van der Waals surface area (Å²) in [5, 5.41) is 6.96. The van der Waals surface area contributed by atoms with Crippen LogP contribution < -0.4 is 10.9 Å². The van der Waals surface area contributed by atoms with E-state index >= 15 is 0 Å². The first kappa shape index (κ1) is 15.7. The molecule has 0 aromatic carbocycles. The Bertz CT molecular complexity index is 537. The average Bonchev–Trinajstić information content (AvgIpc) is 2.68. The summed E-state index contributed by atoms with van der Waals surface area (Å²) >= 11 is 6.39. The summed E-state index contributed by atoms with van der Waals surface area (Å²) in [5.41, 5.74) is -0.310. The number of hydrogen-bond acceptors (Lipinski definition) is 3. The lowest BCUT2D eigenvalue weighted by Gasteiger charge is -2.16. The maximum atomic E-state index is 12.0. The first-order valence-electron chi connectivity index (χ1n) is 6.78. The van der Waals surface area contributed by atoms with Crippen LogP contribution in [-0.2, 0) is 11.3 Å². The van der Waals surface area contributed by atoms with Gasteiger partial charge in [-0.25, -0.2) is 4.68 Å². The van der Waals surface area contributed by atoms with Gasteiger partial charge in [0.05, 0.1) is 10.7 Å². The zero-order chi connectivity index (χ0) is 14.5. The molecule has 0 spiro atoms. The molecule has 1 aliphatic carbocycles. The normalized spacial score (nSPS) is 16.7. The van der Waals surface area contributed by atoms with Crippen molar-refractivity contribution in [3.63, 3.8) is 0 Å². The van der Waals surface area contributed by atoms with E-state index in [4.69, 9.17) is 0 Å². The SMILES string of the molecule is O=C(Cn1ncc(Br)c(Br)c1=O)NC1CCCCCC1. The van der Waals surface area contributed by atoms with Crippen LogP contribution in [0.5, 0.6) is 0 Å². The summed E-state index contributed by atoms with van der Waals surface area (Å²) in [7, 11) is 0. The van der Waals surface area contributed by atoms with Gasteiger partial charge in [0.25, 0.3) is 5.56 Å². The van der Waals surface area contributed by atoms with Crippen molar-refractivity contribution >= 4 is 37.8 Å². The van der Waals surface area contributed by atoms with Gasteiger partial charge in [0.2, 0.25) is 5.91 Å². The van der Waals surface area contributed by atoms with E-state index in [-0.39, 0.29) is 24.1 Å². The second-order valence-corrected chi connectivity index (χ2v) is 6.67. The number of aromatic nitrogens is 2. The van der Waals surface area contributed by atoms with Gasteiger partial charge in [-0.1, -0.05) is 25.7 Å². The van der Waals surface area contributed by atoms with Crippen molar-refractivity contribution in [3.05, 3.63) is 25.5 Å². The van der Waals surface area contributed by atoms with Gasteiger partial charge in [0.1, 0.15) is 11.0 Å². The lowest BCUT2D eigenvalue weighted by atomic mass is 10.1. The largest absolute Gasteiger partial charge is 0.352 e. The molecule has 0 bridgehead atoms. The van der Waals surface area contributed by atoms with Crippen LogP contribution in [0.2, 0.25) is 0 Å². The molecule has 0 unspecified atom stereocenters. The van der Waals surface area contributed by atoms with E-state index in [0.29, 0.717) is 8.95 Å². The number of halogens is 2. The van der Waals surface area contributed by atoms with Gasteiger partial charge in [0, 0.05) is 6.04 Å². The topological polar surface area (TPSA) is 64.0 Å². The molecule has 7 heteroatoms. The monoisotopic (exact) mass is 405 g/mol. The summed E-state index contributed by atoms with van der Waals surface area (Å²) in [6.07, 6.45) is 8.36. The molecule has 1 amide bonds. The second-order valence-electron chi connectivity index (χ2n) is 5.03. The van der Waals surface area contributed by atoms with E-state index in [2.05, 4.69) is 42.3 Å².